The summed E-state index contributed by atoms with van der Waals surface area (Å²) in [5.74, 6) is 0. The van der Waals surface area contributed by atoms with Crippen molar-refractivity contribution in [3.05, 3.63) is 63.6 Å². The molecule has 2 aromatic rings. The molecule has 7 heteroatoms. The molecular weight excluding hydrogens is 331 g/mol. The van der Waals surface area contributed by atoms with Crippen LogP contribution in [-0.2, 0) is 10.0 Å². The van der Waals surface area contributed by atoms with E-state index in [1.807, 2.05) is 31.2 Å². The largest absolute Gasteiger partial charge is 0.278 e. The van der Waals surface area contributed by atoms with E-state index in [2.05, 4.69) is 9.93 Å². The Kier molecular flexibility index (Phi) is 4.88. The molecule has 0 aliphatic heterocycles. The predicted octanol–water partition coefficient (Wildman–Crippen LogP) is 3.61. The Morgan fingerprint density at radius 1 is 1.10 bits per heavy atom. The minimum atomic E-state index is -3.86. The zero-order chi connectivity index (χ0) is 15.5. The Labute approximate surface area is 133 Å². The molecule has 0 amide bonds. The molecule has 21 heavy (non-hydrogen) atoms. The number of hydrazone groups is 1. The summed E-state index contributed by atoms with van der Waals surface area (Å²) in [5, 5.41) is 4.09. The van der Waals surface area contributed by atoms with Gasteiger partial charge in [0.25, 0.3) is 10.0 Å². The second-order valence-corrected chi connectivity index (χ2v) is 6.81. The minimum Gasteiger partial charge on any atom is -0.200 e. The molecule has 0 aliphatic carbocycles. The van der Waals surface area contributed by atoms with Gasteiger partial charge in [-0.15, -0.1) is 0 Å². The number of nitrogens with zero attached hydrogens (tertiary/aromatic N) is 1. The minimum absolute atomic E-state index is 0.0810. The third kappa shape index (κ3) is 4.20. The van der Waals surface area contributed by atoms with E-state index in [1.54, 1.807) is 0 Å². The zero-order valence-corrected chi connectivity index (χ0v) is 13.4. The van der Waals surface area contributed by atoms with E-state index in [0.717, 1.165) is 11.1 Å². The molecule has 0 aromatic heterocycles. The summed E-state index contributed by atoms with van der Waals surface area (Å²) in [7, 11) is -3.86. The van der Waals surface area contributed by atoms with Gasteiger partial charge in [-0.2, -0.15) is 13.5 Å². The molecule has 0 atom stereocenters. The van der Waals surface area contributed by atoms with Crippen molar-refractivity contribution in [3.63, 3.8) is 0 Å². The van der Waals surface area contributed by atoms with Gasteiger partial charge in [0.15, 0.2) is 0 Å². The SMILES string of the molecule is Cc1ccc(C=NNS(=O)(=O)c2cc(Cl)ccc2Cl)cc1. The quantitative estimate of drug-likeness (QED) is 0.681. The van der Waals surface area contributed by atoms with Crippen LogP contribution in [0, 0.1) is 6.92 Å². The second kappa shape index (κ2) is 6.47. The average molecular weight is 343 g/mol. The van der Waals surface area contributed by atoms with Crippen molar-refractivity contribution in [2.45, 2.75) is 11.8 Å². The van der Waals surface area contributed by atoms with Crippen LogP contribution in [0.15, 0.2) is 52.5 Å². The van der Waals surface area contributed by atoms with E-state index in [9.17, 15) is 8.42 Å². The highest BCUT2D eigenvalue weighted by Crippen LogP contribution is 2.24. The topological polar surface area (TPSA) is 58.5 Å². The molecule has 0 saturated carbocycles. The van der Waals surface area contributed by atoms with Crippen molar-refractivity contribution in [3.8, 4) is 0 Å². The summed E-state index contributed by atoms with van der Waals surface area (Å²) in [5.41, 5.74) is 1.89. The van der Waals surface area contributed by atoms with Gasteiger partial charge in [-0.05, 0) is 30.7 Å². The first kappa shape index (κ1) is 15.8. The number of benzene rings is 2. The Bertz CT molecular complexity index is 772. The van der Waals surface area contributed by atoms with Gasteiger partial charge in [-0.3, -0.25) is 0 Å². The summed E-state index contributed by atoms with van der Waals surface area (Å²) in [6, 6.07) is 11.7. The lowest BCUT2D eigenvalue weighted by atomic mass is 10.2. The van der Waals surface area contributed by atoms with Crippen LogP contribution in [0.4, 0.5) is 0 Å². The van der Waals surface area contributed by atoms with Gasteiger partial charge in [0.1, 0.15) is 4.90 Å². The molecule has 1 N–H and O–H groups in total. The number of hydrogen-bond acceptors (Lipinski definition) is 3. The van der Waals surface area contributed by atoms with Gasteiger partial charge in [-0.25, -0.2) is 4.83 Å². The molecule has 4 nitrogen and oxygen atoms in total. The zero-order valence-electron chi connectivity index (χ0n) is 11.0. The molecular formula is C14H12Cl2N2O2S. The third-order valence-electron chi connectivity index (χ3n) is 2.65. The predicted molar refractivity (Wildman–Crippen MR) is 85.6 cm³/mol. The van der Waals surface area contributed by atoms with Crippen molar-refractivity contribution < 1.29 is 8.42 Å². The molecule has 0 heterocycles. The van der Waals surface area contributed by atoms with E-state index >= 15 is 0 Å². The lowest BCUT2D eigenvalue weighted by Gasteiger charge is -2.05. The number of sulfonamides is 1. The van der Waals surface area contributed by atoms with Crippen LogP contribution in [-0.4, -0.2) is 14.6 Å². The fourth-order valence-electron chi connectivity index (χ4n) is 1.56. The highest BCUT2D eigenvalue weighted by molar-refractivity contribution is 7.89. The molecule has 0 unspecified atom stereocenters. The van der Waals surface area contributed by atoms with Crippen LogP contribution >= 0.6 is 23.2 Å². The van der Waals surface area contributed by atoms with E-state index in [1.165, 1.54) is 24.4 Å². The average Bonchev–Trinajstić information content (AvgIpc) is 2.43. The number of nitrogens with one attached hydrogen (secondary N) is 1. The van der Waals surface area contributed by atoms with Gasteiger partial charge in [0.05, 0.1) is 11.2 Å². The van der Waals surface area contributed by atoms with Gasteiger partial charge >= 0.3 is 0 Å². The van der Waals surface area contributed by atoms with Gasteiger partial charge in [-0.1, -0.05) is 53.0 Å². The molecule has 0 spiro atoms. The fraction of sp³-hybridized carbons (Fsp3) is 0.0714. The Morgan fingerprint density at radius 2 is 1.76 bits per heavy atom. The van der Waals surface area contributed by atoms with Crippen molar-refractivity contribution in [1.82, 2.24) is 4.83 Å². The highest BCUT2D eigenvalue weighted by Gasteiger charge is 2.17. The Morgan fingerprint density at radius 3 is 2.43 bits per heavy atom. The van der Waals surface area contributed by atoms with Crippen LogP contribution in [0.5, 0.6) is 0 Å². The standard InChI is InChI=1S/C14H12Cl2N2O2S/c1-10-2-4-11(5-3-10)9-17-18-21(19,20)14-8-12(15)6-7-13(14)16/h2-9,18H,1H3. The molecule has 2 rings (SSSR count). The molecule has 2 aromatic carbocycles. The van der Waals surface area contributed by atoms with Crippen molar-refractivity contribution in [2.24, 2.45) is 5.10 Å². The van der Waals surface area contributed by atoms with Gasteiger partial charge in [0, 0.05) is 5.02 Å². The van der Waals surface area contributed by atoms with Gasteiger partial charge < -0.3 is 0 Å². The van der Waals surface area contributed by atoms with Crippen LogP contribution in [0.2, 0.25) is 10.0 Å². The van der Waals surface area contributed by atoms with Crippen LogP contribution < -0.4 is 4.83 Å². The first-order valence-corrected chi connectivity index (χ1v) is 8.19. The molecule has 110 valence electrons. The van der Waals surface area contributed by atoms with E-state index < -0.39 is 10.0 Å². The van der Waals surface area contributed by atoms with Crippen molar-refractivity contribution >= 4 is 39.4 Å². The van der Waals surface area contributed by atoms with E-state index in [-0.39, 0.29) is 14.9 Å². The molecule has 0 bridgehead atoms. The van der Waals surface area contributed by atoms with Crippen molar-refractivity contribution in [2.75, 3.05) is 0 Å². The summed E-state index contributed by atoms with van der Waals surface area (Å²) in [6.07, 6.45) is 1.41. The molecule has 0 radical (unpaired) electrons. The third-order valence-corrected chi connectivity index (χ3v) is 4.59. The van der Waals surface area contributed by atoms with Crippen LogP contribution in [0.1, 0.15) is 11.1 Å². The molecule has 0 fully saturated rings. The number of hydrogen-bond donors (Lipinski definition) is 1. The number of halogens is 2. The normalized spacial score (nSPS) is 11.8. The maximum atomic E-state index is 12.1. The van der Waals surface area contributed by atoms with Crippen LogP contribution in [0.3, 0.4) is 0 Å². The fourth-order valence-corrected chi connectivity index (χ4v) is 3.11. The maximum Gasteiger partial charge on any atom is 0.278 e. The van der Waals surface area contributed by atoms with E-state index in [4.69, 9.17) is 23.2 Å². The monoisotopic (exact) mass is 342 g/mol. The molecule has 0 saturated heterocycles. The first-order valence-electron chi connectivity index (χ1n) is 5.95. The summed E-state index contributed by atoms with van der Waals surface area (Å²) in [6.45, 7) is 1.96. The summed E-state index contributed by atoms with van der Waals surface area (Å²) in [4.78, 5) is 1.99. The number of aryl methyl sites for hydroxylation is 1. The lowest BCUT2D eigenvalue weighted by Crippen LogP contribution is -2.18. The molecule has 0 aliphatic rings. The highest BCUT2D eigenvalue weighted by atomic mass is 35.5. The Hall–Kier alpha value is -1.56. The lowest BCUT2D eigenvalue weighted by molar-refractivity contribution is 0.585. The van der Waals surface area contributed by atoms with E-state index in [0.29, 0.717) is 0 Å². The Balaban J connectivity index is 2.18. The maximum absolute atomic E-state index is 12.1. The van der Waals surface area contributed by atoms with Gasteiger partial charge in [0.2, 0.25) is 0 Å². The van der Waals surface area contributed by atoms with Crippen molar-refractivity contribution in [1.29, 1.82) is 0 Å². The number of rotatable bonds is 4. The first-order chi connectivity index (χ1) is 9.88. The smallest absolute Gasteiger partial charge is 0.200 e. The second-order valence-electron chi connectivity index (χ2n) is 4.34. The summed E-state index contributed by atoms with van der Waals surface area (Å²) < 4.78 is 24.2. The van der Waals surface area contributed by atoms with Crippen LogP contribution in [0.25, 0.3) is 0 Å². The summed E-state index contributed by atoms with van der Waals surface area (Å²) >= 11 is 11.6.